The fraction of sp³-hybridized carbons (Fsp3) is 0.438. The molecular weight excluding hydrogens is 222 g/mol. The number of likely N-dealkylation sites (tertiary alicyclic amines) is 1. The summed E-state index contributed by atoms with van der Waals surface area (Å²) in [6, 6.07) is 10.8. The van der Waals surface area contributed by atoms with Crippen molar-refractivity contribution >= 4 is 5.91 Å². The van der Waals surface area contributed by atoms with Gasteiger partial charge < -0.3 is 4.90 Å². The third kappa shape index (κ3) is 1.86. The van der Waals surface area contributed by atoms with Gasteiger partial charge in [0.25, 0.3) is 0 Å². The predicted octanol–water partition coefficient (Wildman–Crippen LogP) is 3.31. The van der Waals surface area contributed by atoms with Crippen molar-refractivity contribution in [1.29, 1.82) is 0 Å². The lowest BCUT2D eigenvalue weighted by Crippen LogP contribution is -2.36. The zero-order chi connectivity index (χ0) is 12.5. The number of amides is 1. The molecule has 1 aromatic rings. The maximum Gasteiger partial charge on any atom is 0.223 e. The monoisotopic (exact) mass is 241 g/mol. The molecule has 3 rings (SSSR count). The molecule has 1 aliphatic heterocycles. The highest BCUT2D eigenvalue weighted by Crippen LogP contribution is 2.38. The third-order valence-corrected chi connectivity index (χ3v) is 4.27. The van der Waals surface area contributed by atoms with Crippen LogP contribution in [-0.4, -0.2) is 16.8 Å². The van der Waals surface area contributed by atoms with Crippen LogP contribution in [0, 0.1) is 5.92 Å². The van der Waals surface area contributed by atoms with Gasteiger partial charge in [0.1, 0.15) is 0 Å². The zero-order valence-electron chi connectivity index (χ0n) is 10.8. The fourth-order valence-electron chi connectivity index (χ4n) is 3.28. The molecule has 0 spiro atoms. The molecule has 0 radical (unpaired) electrons. The second-order valence-electron chi connectivity index (χ2n) is 5.35. The first-order valence-corrected chi connectivity index (χ1v) is 6.80. The number of rotatable bonds is 2. The number of carbonyl (C=O) groups is 1. The molecule has 0 aromatic heterocycles. The highest BCUT2D eigenvalue weighted by Gasteiger charge is 2.41. The Bertz CT molecular complexity index is 465. The molecule has 1 aliphatic carbocycles. The summed E-state index contributed by atoms with van der Waals surface area (Å²) in [6.07, 6.45) is 7.47. The second kappa shape index (κ2) is 4.60. The molecule has 2 aliphatic rings. The van der Waals surface area contributed by atoms with Gasteiger partial charge in [0.05, 0.1) is 12.1 Å². The van der Waals surface area contributed by atoms with Crippen molar-refractivity contribution in [2.45, 2.75) is 38.3 Å². The summed E-state index contributed by atoms with van der Waals surface area (Å²) in [6.45, 7) is 2.14. The molecule has 94 valence electrons. The molecule has 1 saturated heterocycles. The summed E-state index contributed by atoms with van der Waals surface area (Å²) in [7, 11) is 0. The lowest BCUT2D eigenvalue weighted by molar-refractivity contribution is -0.130. The maximum atomic E-state index is 12.2. The van der Waals surface area contributed by atoms with E-state index in [1.54, 1.807) is 0 Å². The van der Waals surface area contributed by atoms with E-state index in [0.717, 1.165) is 19.3 Å². The molecular formula is C16H19NO. The largest absolute Gasteiger partial charge is 0.329 e. The molecule has 3 atom stereocenters. The molecule has 1 fully saturated rings. The minimum atomic E-state index is 0.177. The quantitative estimate of drug-likeness (QED) is 0.727. The number of hydrogen-bond acceptors (Lipinski definition) is 1. The van der Waals surface area contributed by atoms with Gasteiger partial charge in [0.15, 0.2) is 0 Å². The van der Waals surface area contributed by atoms with Crippen LogP contribution in [0.5, 0.6) is 0 Å². The van der Waals surface area contributed by atoms with Crippen molar-refractivity contribution < 1.29 is 4.79 Å². The number of allylic oxidation sites excluding steroid dienone is 1. The Morgan fingerprint density at radius 3 is 2.83 bits per heavy atom. The van der Waals surface area contributed by atoms with Crippen LogP contribution < -0.4 is 0 Å². The van der Waals surface area contributed by atoms with Gasteiger partial charge >= 0.3 is 0 Å². The lowest BCUT2D eigenvalue weighted by Gasteiger charge is -2.33. The summed E-state index contributed by atoms with van der Waals surface area (Å²) in [5, 5.41) is 0. The molecule has 1 amide bonds. The highest BCUT2D eigenvalue weighted by atomic mass is 16.2. The average Bonchev–Trinajstić information content (AvgIpc) is 2.75. The average molecular weight is 241 g/mol. The molecule has 1 heterocycles. The van der Waals surface area contributed by atoms with E-state index in [4.69, 9.17) is 0 Å². The third-order valence-electron chi connectivity index (χ3n) is 4.27. The second-order valence-corrected chi connectivity index (χ2v) is 5.35. The molecule has 2 heteroatoms. The van der Waals surface area contributed by atoms with Crippen LogP contribution in [0.3, 0.4) is 0 Å². The van der Waals surface area contributed by atoms with Crippen molar-refractivity contribution in [1.82, 2.24) is 4.90 Å². The maximum absolute atomic E-state index is 12.2. The molecule has 0 unspecified atom stereocenters. The normalized spacial score (nSPS) is 28.3. The van der Waals surface area contributed by atoms with Gasteiger partial charge in [-0.15, -0.1) is 0 Å². The van der Waals surface area contributed by atoms with Crippen molar-refractivity contribution in [3.63, 3.8) is 0 Å². The Labute approximate surface area is 108 Å². The van der Waals surface area contributed by atoms with Crippen molar-refractivity contribution in [3.05, 3.63) is 48.0 Å². The Morgan fingerprint density at radius 2 is 2.06 bits per heavy atom. The van der Waals surface area contributed by atoms with Crippen LogP contribution in [-0.2, 0) is 4.79 Å². The first kappa shape index (κ1) is 11.5. The highest BCUT2D eigenvalue weighted by molar-refractivity contribution is 5.80. The Kier molecular flexibility index (Phi) is 2.94. The van der Waals surface area contributed by atoms with E-state index in [2.05, 4.69) is 36.1 Å². The zero-order valence-corrected chi connectivity index (χ0v) is 10.8. The standard InChI is InChI=1S/C16H19NO/c1-12(13-7-3-2-4-8-13)17-15-10-6-5-9-14(15)11-16(17)18/h2-4,6-8,10,12,14-15H,5,9,11H2,1H3/t12-,14-,15-/m0/s1. The topological polar surface area (TPSA) is 20.3 Å². The van der Waals surface area contributed by atoms with Crippen molar-refractivity contribution in [2.24, 2.45) is 5.92 Å². The first-order chi connectivity index (χ1) is 8.77. The number of carbonyl (C=O) groups excluding carboxylic acids is 1. The van der Waals surface area contributed by atoms with E-state index >= 15 is 0 Å². The Morgan fingerprint density at radius 1 is 1.28 bits per heavy atom. The number of nitrogens with zero attached hydrogens (tertiary/aromatic N) is 1. The van der Waals surface area contributed by atoms with Crippen molar-refractivity contribution in [3.8, 4) is 0 Å². The lowest BCUT2D eigenvalue weighted by atomic mass is 9.89. The summed E-state index contributed by atoms with van der Waals surface area (Å²) in [5.41, 5.74) is 1.23. The molecule has 2 nitrogen and oxygen atoms in total. The molecule has 1 aromatic carbocycles. The molecule has 18 heavy (non-hydrogen) atoms. The van der Waals surface area contributed by atoms with Crippen LogP contribution in [0.25, 0.3) is 0 Å². The number of hydrogen-bond donors (Lipinski definition) is 0. The SMILES string of the molecule is C[C@@H](c1ccccc1)N1C(=O)C[C@@H]2CCC=C[C@@H]21. The molecule has 0 saturated carbocycles. The van der Waals surface area contributed by atoms with E-state index < -0.39 is 0 Å². The smallest absolute Gasteiger partial charge is 0.223 e. The first-order valence-electron chi connectivity index (χ1n) is 6.80. The summed E-state index contributed by atoms with van der Waals surface area (Å²) in [5.74, 6) is 0.849. The summed E-state index contributed by atoms with van der Waals surface area (Å²) < 4.78 is 0. The molecule has 0 bridgehead atoms. The predicted molar refractivity (Wildman–Crippen MR) is 72.0 cm³/mol. The van der Waals surface area contributed by atoms with Crippen LogP contribution in [0.4, 0.5) is 0 Å². The van der Waals surface area contributed by atoms with Gasteiger partial charge in [-0.05, 0) is 31.2 Å². The van der Waals surface area contributed by atoms with E-state index in [1.165, 1.54) is 5.56 Å². The Hall–Kier alpha value is -1.57. The fourth-order valence-corrected chi connectivity index (χ4v) is 3.28. The van der Waals surface area contributed by atoms with E-state index in [0.29, 0.717) is 17.9 Å². The van der Waals surface area contributed by atoms with Crippen LogP contribution in [0.2, 0.25) is 0 Å². The van der Waals surface area contributed by atoms with Gasteiger partial charge in [0, 0.05) is 6.42 Å². The van der Waals surface area contributed by atoms with E-state index in [9.17, 15) is 4.79 Å². The van der Waals surface area contributed by atoms with Crippen LogP contribution in [0.1, 0.15) is 37.8 Å². The Balaban J connectivity index is 1.89. The van der Waals surface area contributed by atoms with Gasteiger partial charge in [-0.3, -0.25) is 4.79 Å². The van der Waals surface area contributed by atoms with Gasteiger partial charge in [0.2, 0.25) is 5.91 Å². The van der Waals surface area contributed by atoms with Gasteiger partial charge in [-0.2, -0.15) is 0 Å². The number of fused-ring (bicyclic) bond motifs is 1. The number of benzene rings is 1. The minimum absolute atomic E-state index is 0.177. The van der Waals surface area contributed by atoms with E-state index in [1.807, 2.05) is 18.2 Å². The summed E-state index contributed by atoms with van der Waals surface area (Å²) >= 11 is 0. The van der Waals surface area contributed by atoms with Gasteiger partial charge in [-0.1, -0.05) is 42.5 Å². The van der Waals surface area contributed by atoms with Crippen LogP contribution >= 0.6 is 0 Å². The van der Waals surface area contributed by atoms with Gasteiger partial charge in [-0.25, -0.2) is 0 Å². The van der Waals surface area contributed by atoms with E-state index in [-0.39, 0.29) is 6.04 Å². The van der Waals surface area contributed by atoms with Crippen LogP contribution in [0.15, 0.2) is 42.5 Å². The summed E-state index contributed by atoms with van der Waals surface area (Å²) in [4.78, 5) is 14.3. The molecule has 0 N–H and O–H groups in total. The van der Waals surface area contributed by atoms with Crippen molar-refractivity contribution in [2.75, 3.05) is 0 Å². The minimum Gasteiger partial charge on any atom is -0.329 e.